The molecular weight excluding hydrogens is 497 g/mol. The molecule has 0 saturated carbocycles. The topological polar surface area (TPSA) is 46.1 Å². The summed E-state index contributed by atoms with van der Waals surface area (Å²) in [4.78, 5) is 7.11. The lowest BCUT2D eigenvalue weighted by atomic mass is 9.87. The molecule has 2 aliphatic rings. The Kier molecular flexibility index (Phi) is 8.28. The van der Waals surface area contributed by atoms with E-state index in [1.807, 2.05) is 24.3 Å². The van der Waals surface area contributed by atoms with Crippen LogP contribution in [-0.2, 0) is 4.74 Å². The van der Waals surface area contributed by atoms with E-state index in [1.165, 1.54) is 12.8 Å². The van der Waals surface area contributed by atoms with Crippen LogP contribution in [0.5, 0.6) is 5.75 Å². The second kappa shape index (κ2) is 9.97. The average Bonchev–Trinajstić information content (AvgIpc) is 3.21. The van der Waals surface area contributed by atoms with Gasteiger partial charge in [-0.3, -0.25) is 0 Å². The number of likely N-dealkylation sites (tertiary alicyclic amines) is 1. The number of guanidine groups is 1. The van der Waals surface area contributed by atoms with Crippen LogP contribution >= 0.6 is 39.9 Å². The molecule has 0 amide bonds. The van der Waals surface area contributed by atoms with Crippen LogP contribution in [0.3, 0.4) is 0 Å². The minimum atomic E-state index is 0. The third-order valence-corrected chi connectivity index (χ3v) is 5.17. The van der Waals surface area contributed by atoms with Crippen molar-refractivity contribution in [1.29, 1.82) is 0 Å². The zero-order chi connectivity index (χ0) is 16.8. The number of aliphatic imine (C=N–C) groups is 1. The second-order valence-corrected chi connectivity index (χ2v) is 7.43. The molecule has 7 heteroatoms. The van der Waals surface area contributed by atoms with Crippen molar-refractivity contribution in [3.05, 3.63) is 28.7 Å². The van der Waals surface area contributed by atoms with Gasteiger partial charge in [0.2, 0.25) is 0 Å². The Hall–Kier alpha value is -0.540. The first-order valence-corrected chi connectivity index (χ1v) is 9.49. The zero-order valence-corrected chi connectivity index (χ0v) is 18.6. The Balaban J connectivity index is 0.00000225. The maximum absolute atomic E-state index is 5.77. The zero-order valence-electron chi connectivity index (χ0n) is 14.7. The molecule has 2 aliphatic heterocycles. The molecule has 2 fully saturated rings. The first kappa shape index (κ1) is 20.8. The highest BCUT2D eigenvalue weighted by Gasteiger charge is 2.42. The summed E-state index contributed by atoms with van der Waals surface area (Å²) in [5, 5.41) is 3.41. The van der Waals surface area contributed by atoms with Gasteiger partial charge in [0, 0.05) is 36.1 Å². The molecule has 0 aromatic heterocycles. The maximum Gasteiger partial charge on any atom is 0.194 e. The molecule has 0 bridgehead atoms. The summed E-state index contributed by atoms with van der Waals surface area (Å²) >= 11 is 3.45. The van der Waals surface area contributed by atoms with E-state index in [0.29, 0.717) is 18.6 Å². The predicted molar refractivity (Wildman–Crippen MR) is 115 cm³/mol. The molecule has 1 unspecified atom stereocenters. The number of nitrogens with one attached hydrogen (secondary N) is 1. The first-order valence-electron chi connectivity index (χ1n) is 8.70. The molecule has 1 aromatic carbocycles. The van der Waals surface area contributed by atoms with E-state index in [0.717, 1.165) is 49.0 Å². The standard InChI is InChI=1S/C18H26BrN3O2.HI/c1-2-20-17(22-9-6-18(13-22)7-10-23-14-18)21-8-11-24-16-5-3-4-15(19)12-16;/h3-5,12H,2,6-11,13-14H2,1H3,(H,20,21);1H. The Morgan fingerprint density at radius 2 is 2.32 bits per heavy atom. The van der Waals surface area contributed by atoms with E-state index < -0.39 is 0 Å². The first-order chi connectivity index (χ1) is 11.7. The van der Waals surface area contributed by atoms with Crippen molar-refractivity contribution in [2.75, 3.05) is 46.0 Å². The molecule has 0 aliphatic carbocycles. The normalized spacial score (nSPS) is 23.0. The van der Waals surface area contributed by atoms with E-state index >= 15 is 0 Å². The minimum Gasteiger partial charge on any atom is -0.492 e. The van der Waals surface area contributed by atoms with Crippen LogP contribution in [-0.4, -0.2) is 56.9 Å². The predicted octanol–water partition coefficient (Wildman–Crippen LogP) is 3.52. The lowest BCUT2D eigenvalue weighted by Gasteiger charge is -2.25. The van der Waals surface area contributed by atoms with E-state index in [1.54, 1.807) is 0 Å². The largest absolute Gasteiger partial charge is 0.492 e. The van der Waals surface area contributed by atoms with Crippen LogP contribution in [0, 0.1) is 5.41 Å². The Bertz CT molecular complexity index is 579. The highest BCUT2D eigenvalue weighted by Crippen LogP contribution is 2.38. The Morgan fingerprint density at radius 1 is 1.44 bits per heavy atom. The fourth-order valence-electron chi connectivity index (χ4n) is 3.38. The summed E-state index contributed by atoms with van der Waals surface area (Å²) in [6.45, 7) is 8.12. The molecule has 1 atom stereocenters. The number of ether oxygens (including phenoxy) is 2. The lowest BCUT2D eigenvalue weighted by molar-refractivity contribution is 0.156. The highest BCUT2D eigenvalue weighted by atomic mass is 127. The molecule has 2 saturated heterocycles. The van der Waals surface area contributed by atoms with Crippen molar-refractivity contribution in [2.45, 2.75) is 19.8 Å². The van der Waals surface area contributed by atoms with Gasteiger partial charge in [-0.05, 0) is 38.0 Å². The molecule has 3 rings (SSSR count). The quantitative estimate of drug-likeness (QED) is 0.277. The molecule has 1 spiro atoms. The monoisotopic (exact) mass is 523 g/mol. The second-order valence-electron chi connectivity index (χ2n) is 6.52. The van der Waals surface area contributed by atoms with Crippen LogP contribution in [0.4, 0.5) is 0 Å². The summed E-state index contributed by atoms with van der Waals surface area (Å²) in [6.07, 6.45) is 2.38. The molecular formula is C18H27BrIN3O2. The average molecular weight is 524 g/mol. The summed E-state index contributed by atoms with van der Waals surface area (Å²) in [7, 11) is 0. The van der Waals surface area contributed by atoms with Crippen molar-refractivity contribution in [3.63, 3.8) is 0 Å². The smallest absolute Gasteiger partial charge is 0.194 e. The van der Waals surface area contributed by atoms with Gasteiger partial charge in [0.25, 0.3) is 0 Å². The molecule has 1 aromatic rings. The van der Waals surface area contributed by atoms with E-state index in [9.17, 15) is 0 Å². The van der Waals surface area contributed by atoms with Crippen molar-refractivity contribution in [1.82, 2.24) is 10.2 Å². The van der Waals surface area contributed by atoms with Crippen molar-refractivity contribution < 1.29 is 9.47 Å². The van der Waals surface area contributed by atoms with Crippen molar-refractivity contribution in [3.8, 4) is 5.75 Å². The number of hydrogen-bond donors (Lipinski definition) is 1. The molecule has 0 radical (unpaired) electrons. The fourth-order valence-corrected chi connectivity index (χ4v) is 3.76. The summed E-state index contributed by atoms with van der Waals surface area (Å²) in [5.41, 5.74) is 0.350. The summed E-state index contributed by atoms with van der Waals surface area (Å²) in [6, 6.07) is 7.90. The van der Waals surface area contributed by atoms with Gasteiger partial charge in [0.05, 0.1) is 13.2 Å². The van der Waals surface area contributed by atoms with Crippen LogP contribution in [0.15, 0.2) is 33.7 Å². The van der Waals surface area contributed by atoms with Crippen LogP contribution in [0.2, 0.25) is 0 Å². The van der Waals surface area contributed by atoms with Gasteiger partial charge in [0.1, 0.15) is 12.4 Å². The van der Waals surface area contributed by atoms with Gasteiger partial charge >= 0.3 is 0 Å². The van der Waals surface area contributed by atoms with Gasteiger partial charge in [0.15, 0.2) is 5.96 Å². The number of nitrogens with zero attached hydrogens (tertiary/aromatic N) is 2. The molecule has 5 nitrogen and oxygen atoms in total. The number of hydrogen-bond acceptors (Lipinski definition) is 3. The Labute approximate surface area is 175 Å². The van der Waals surface area contributed by atoms with Gasteiger partial charge in [-0.1, -0.05) is 22.0 Å². The van der Waals surface area contributed by atoms with E-state index in [4.69, 9.17) is 14.5 Å². The maximum atomic E-state index is 5.77. The van der Waals surface area contributed by atoms with Crippen LogP contribution in [0.25, 0.3) is 0 Å². The summed E-state index contributed by atoms with van der Waals surface area (Å²) in [5.74, 6) is 1.87. The minimum absolute atomic E-state index is 0. The number of benzene rings is 1. The summed E-state index contributed by atoms with van der Waals surface area (Å²) < 4.78 is 12.4. The highest BCUT2D eigenvalue weighted by molar-refractivity contribution is 14.0. The molecule has 2 heterocycles. The number of halogens is 2. The van der Waals surface area contributed by atoms with Crippen LogP contribution < -0.4 is 10.1 Å². The van der Waals surface area contributed by atoms with E-state index in [2.05, 4.69) is 33.1 Å². The molecule has 140 valence electrons. The SMILES string of the molecule is CCNC(=NCCOc1cccc(Br)c1)N1CCC2(CCOC2)C1.I. The fraction of sp³-hybridized carbons (Fsp3) is 0.611. The molecule has 25 heavy (non-hydrogen) atoms. The molecule has 1 N–H and O–H groups in total. The van der Waals surface area contributed by atoms with Crippen molar-refractivity contribution in [2.24, 2.45) is 10.4 Å². The van der Waals surface area contributed by atoms with Gasteiger partial charge in [-0.2, -0.15) is 0 Å². The number of rotatable bonds is 5. The van der Waals surface area contributed by atoms with Crippen LogP contribution in [0.1, 0.15) is 19.8 Å². The van der Waals surface area contributed by atoms with Crippen molar-refractivity contribution >= 4 is 45.9 Å². The Morgan fingerprint density at radius 3 is 3.04 bits per heavy atom. The van der Waals surface area contributed by atoms with Gasteiger partial charge < -0.3 is 19.7 Å². The third kappa shape index (κ3) is 5.72. The van der Waals surface area contributed by atoms with Gasteiger partial charge in [-0.25, -0.2) is 4.99 Å². The van der Waals surface area contributed by atoms with Gasteiger partial charge in [-0.15, -0.1) is 24.0 Å². The van der Waals surface area contributed by atoms with E-state index in [-0.39, 0.29) is 24.0 Å². The third-order valence-electron chi connectivity index (χ3n) is 4.68. The lowest BCUT2D eigenvalue weighted by Crippen LogP contribution is -2.41.